The molecule has 15 heavy (non-hydrogen) atoms. The molecule has 0 aliphatic carbocycles. The minimum atomic E-state index is 0.695. The van der Waals surface area contributed by atoms with Crippen LogP contribution in [0.25, 0.3) is 0 Å². The van der Waals surface area contributed by atoms with Gasteiger partial charge in [0.25, 0.3) is 0 Å². The molecule has 90 valence electrons. The van der Waals surface area contributed by atoms with Crippen molar-refractivity contribution in [2.75, 3.05) is 40.0 Å². The molecule has 0 aromatic carbocycles. The van der Waals surface area contributed by atoms with Crippen LogP contribution in [0.4, 0.5) is 0 Å². The molecule has 0 aromatic rings. The molecule has 3 heteroatoms. The highest BCUT2D eigenvalue weighted by Gasteiger charge is 2.20. The van der Waals surface area contributed by atoms with Gasteiger partial charge in [-0.1, -0.05) is 0 Å². The van der Waals surface area contributed by atoms with Crippen molar-refractivity contribution in [2.45, 2.75) is 32.7 Å². The molecule has 0 bridgehead atoms. The van der Waals surface area contributed by atoms with Crippen molar-refractivity contribution in [2.24, 2.45) is 5.92 Å². The number of ether oxygens (including phenoxy) is 2. The standard InChI is InChI=1S/C12H25NO2/c1-11(2)13-6-4-12(5-7-13)10-15-9-8-14-3/h11-12H,4-10H2,1-3H3. The molecule has 1 heterocycles. The molecule has 0 radical (unpaired) electrons. The lowest BCUT2D eigenvalue weighted by molar-refractivity contribution is 0.0313. The van der Waals surface area contributed by atoms with Crippen LogP contribution in [-0.2, 0) is 9.47 Å². The quantitative estimate of drug-likeness (QED) is 0.630. The maximum absolute atomic E-state index is 5.57. The van der Waals surface area contributed by atoms with Gasteiger partial charge in [-0.15, -0.1) is 0 Å². The number of hydrogen-bond donors (Lipinski definition) is 0. The maximum Gasteiger partial charge on any atom is 0.0700 e. The molecule has 1 fully saturated rings. The summed E-state index contributed by atoms with van der Waals surface area (Å²) >= 11 is 0. The van der Waals surface area contributed by atoms with Crippen LogP contribution in [0.3, 0.4) is 0 Å². The Morgan fingerprint density at radius 2 is 1.87 bits per heavy atom. The molecule has 0 aromatic heterocycles. The summed E-state index contributed by atoms with van der Waals surface area (Å²) in [7, 11) is 1.71. The topological polar surface area (TPSA) is 21.7 Å². The van der Waals surface area contributed by atoms with Crippen LogP contribution in [0.15, 0.2) is 0 Å². The van der Waals surface area contributed by atoms with Crippen LogP contribution in [0.1, 0.15) is 26.7 Å². The fourth-order valence-corrected chi connectivity index (χ4v) is 2.03. The van der Waals surface area contributed by atoms with Gasteiger partial charge < -0.3 is 14.4 Å². The summed E-state index contributed by atoms with van der Waals surface area (Å²) in [5.41, 5.74) is 0. The number of methoxy groups -OCH3 is 1. The first-order valence-electron chi connectivity index (χ1n) is 6.04. The molecule has 1 aliphatic rings. The third-order valence-electron chi connectivity index (χ3n) is 3.16. The van der Waals surface area contributed by atoms with E-state index in [0.29, 0.717) is 12.6 Å². The molecular weight excluding hydrogens is 190 g/mol. The van der Waals surface area contributed by atoms with E-state index in [1.807, 2.05) is 0 Å². The van der Waals surface area contributed by atoms with Gasteiger partial charge in [0, 0.05) is 19.8 Å². The van der Waals surface area contributed by atoms with Crippen molar-refractivity contribution in [3.05, 3.63) is 0 Å². The van der Waals surface area contributed by atoms with Crippen LogP contribution in [0.2, 0.25) is 0 Å². The van der Waals surface area contributed by atoms with Crippen molar-refractivity contribution in [1.29, 1.82) is 0 Å². The minimum Gasteiger partial charge on any atom is -0.382 e. The summed E-state index contributed by atoms with van der Waals surface area (Å²) in [6.45, 7) is 9.37. The number of likely N-dealkylation sites (tertiary alicyclic amines) is 1. The molecule has 1 aliphatic heterocycles. The van der Waals surface area contributed by atoms with Crippen LogP contribution in [0.5, 0.6) is 0 Å². The summed E-state index contributed by atoms with van der Waals surface area (Å²) < 4.78 is 10.5. The molecule has 1 rings (SSSR count). The van der Waals surface area contributed by atoms with Gasteiger partial charge in [-0.2, -0.15) is 0 Å². The second kappa shape index (κ2) is 7.20. The van der Waals surface area contributed by atoms with Crippen LogP contribution >= 0.6 is 0 Å². The number of rotatable bonds is 6. The highest BCUT2D eigenvalue weighted by molar-refractivity contribution is 4.74. The fourth-order valence-electron chi connectivity index (χ4n) is 2.03. The Morgan fingerprint density at radius 1 is 1.20 bits per heavy atom. The van der Waals surface area contributed by atoms with E-state index in [2.05, 4.69) is 18.7 Å². The number of nitrogens with zero attached hydrogens (tertiary/aromatic N) is 1. The third kappa shape index (κ3) is 4.96. The normalized spacial score (nSPS) is 20.0. The van der Waals surface area contributed by atoms with E-state index in [4.69, 9.17) is 9.47 Å². The van der Waals surface area contributed by atoms with Gasteiger partial charge in [0.15, 0.2) is 0 Å². The first kappa shape index (κ1) is 12.9. The largest absolute Gasteiger partial charge is 0.382 e. The SMILES string of the molecule is COCCOCC1CCN(C(C)C)CC1. The van der Waals surface area contributed by atoms with Gasteiger partial charge in [-0.3, -0.25) is 0 Å². The molecule has 0 amide bonds. The molecule has 0 N–H and O–H groups in total. The Labute approximate surface area is 93.7 Å². The van der Waals surface area contributed by atoms with Gasteiger partial charge in [0.1, 0.15) is 0 Å². The summed E-state index contributed by atoms with van der Waals surface area (Å²) in [6, 6.07) is 0.695. The first-order chi connectivity index (χ1) is 7.24. The van der Waals surface area contributed by atoms with Gasteiger partial charge in [0.05, 0.1) is 13.2 Å². The summed E-state index contributed by atoms with van der Waals surface area (Å²) in [5, 5.41) is 0. The predicted octanol–water partition coefficient (Wildman–Crippen LogP) is 1.77. The summed E-state index contributed by atoms with van der Waals surface area (Å²) in [5.74, 6) is 0.761. The zero-order valence-corrected chi connectivity index (χ0v) is 10.4. The third-order valence-corrected chi connectivity index (χ3v) is 3.16. The van der Waals surface area contributed by atoms with Crippen molar-refractivity contribution in [3.63, 3.8) is 0 Å². The van der Waals surface area contributed by atoms with Crippen molar-refractivity contribution >= 4 is 0 Å². The van der Waals surface area contributed by atoms with Gasteiger partial charge >= 0.3 is 0 Å². The second-order valence-electron chi connectivity index (χ2n) is 4.64. The van der Waals surface area contributed by atoms with E-state index in [9.17, 15) is 0 Å². The lowest BCUT2D eigenvalue weighted by atomic mass is 9.97. The van der Waals surface area contributed by atoms with Gasteiger partial charge in [-0.25, -0.2) is 0 Å². The van der Waals surface area contributed by atoms with E-state index in [1.165, 1.54) is 25.9 Å². The average molecular weight is 215 g/mol. The summed E-state index contributed by atoms with van der Waals surface area (Å²) in [4.78, 5) is 2.55. The fraction of sp³-hybridized carbons (Fsp3) is 1.00. The first-order valence-corrected chi connectivity index (χ1v) is 6.04. The van der Waals surface area contributed by atoms with E-state index >= 15 is 0 Å². The van der Waals surface area contributed by atoms with Crippen LogP contribution in [0, 0.1) is 5.92 Å². The van der Waals surface area contributed by atoms with E-state index in [-0.39, 0.29) is 0 Å². The zero-order chi connectivity index (χ0) is 11.1. The second-order valence-corrected chi connectivity index (χ2v) is 4.64. The Hall–Kier alpha value is -0.120. The molecular formula is C12H25NO2. The summed E-state index contributed by atoms with van der Waals surface area (Å²) in [6.07, 6.45) is 2.57. The van der Waals surface area contributed by atoms with Crippen LogP contribution < -0.4 is 0 Å². The van der Waals surface area contributed by atoms with E-state index in [0.717, 1.165) is 19.1 Å². The smallest absolute Gasteiger partial charge is 0.0700 e. The Balaban J connectivity index is 2.04. The minimum absolute atomic E-state index is 0.695. The van der Waals surface area contributed by atoms with Crippen molar-refractivity contribution in [3.8, 4) is 0 Å². The Bertz CT molecular complexity index is 154. The molecule has 0 unspecified atom stereocenters. The predicted molar refractivity (Wildman–Crippen MR) is 62.1 cm³/mol. The maximum atomic E-state index is 5.57. The van der Waals surface area contributed by atoms with Gasteiger partial charge in [0.2, 0.25) is 0 Å². The Morgan fingerprint density at radius 3 is 2.40 bits per heavy atom. The van der Waals surface area contributed by atoms with E-state index < -0.39 is 0 Å². The molecule has 0 spiro atoms. The van der Waals surface area contributed by atoms with Crippen molar-refractivity contribution in [1.82, 2.24) is 4.90 Å². The van der Waals surface area contributed by atoms with E-state index in [1.54, 1.807) is 7.11 Å². The average Bonchev–Trinajstić information content (AvgIpc) is 2.25. The highest BCUT2D eigenvalue weighted by Crippen LogP contribution is 2.18. The number of hydrogen-bond acceptors (Lipinski definition) is 3. The lowest BCUT2D eigenvalue weighted by Gasteiger charge is -2.34. The Kier molecular flexibility index (Phi) is 6.22. The number of piperidine rings is 1. The highest BCUT2D eigenvalue weighted by atomic mass is 16.5. The lowest BCUT2D eigenvalue weighted by Crippen LogP contribution is -2.39. The molecule has 0 saturated carbocycles. The molecule has 0 atom stereocenters. The molecule has 3 nitrogen and oxygen atoms in total. The zero-order valence-electron chi connectivity index (χ0n) is 10.4. The van der Waals surface area contributed by atoms with Crippen molar-refractivity contribution < 1.29 is 9.47 Å². The monoisotopic (exact) mass is 215 g/mol. The molecule has 1 saturated heterocycles. The van der Waals surface area contributed by atoms with Crippen LogP contribution in [-0.4, -0.2) is 51.0 Å². The van der Waals surface area contributed by atoms with Gasteiger partial charge in [-0.05, 0) is 45.7 Å².